The fourth-order valence-corrected chi connectivity index (χ4v) is 3.30. The second-order valence-electron chi connectivity index (χ2n) is 7.00. The molecule has 6 heteroatoms. The van der Waals surface area contributed by atoms with Crippen molar-refractivity contribution in [3.8, 4) is 5.88 Å². The monoisotopic (exact) mass is 279 g/mol. The van der Waals surface area contributed by atoms with E-state index in [1.807, 2.05) is 25.5 Å². The van der Waals surface area contributed by atoms with Crippen LogP contribution in [0.4, 0.5) is 4.79 Å². The number of amides is 1. The van der Waals surface area contributed by atoms with Crippen LogP contribution < -0.4 is 0 Å². The molecule has 0 saturated carbocycles. The summed E-state index contributed by atoms with van der Waals surface area (Å²) in [6.07, 6.45) is 0.688. The summed E-state index contributed by atoms with van der Waals surface area (Å²) in [4.78, 5) is 13.7. The molecule has 6 nitrogen and oxygen atoms in total. The van der Waals surface area contributed by atoms with Crippen molar-refractivity contribution in [3.63, 3.8) is 0 Å². The second kappa shape index (κ2) is 3.90. The van der Waals surface area contributed by atoms with Gasteiger partial charge in [-0.2, -0.15) is 0 Å². The van der Waals surface area contributed by atoms with Gasteiger partial charge in [0, 0.05) is 24.6 Å². The molecule has 0 bridgehead atoms. The highest BCUT2D eigenvalue weighted by Crippen LogP contribution is 2.48. The molecule has 1 aromatic heterocycles. The molecule has 0 aromatic carbocycles. The first-order chi connectivity index (χ1) is 9.20. The maximum atomic E-state index is 12.0. The van der Waals surface area contributed by atoms with Crippen molar-refractivity contribution in [2.75, 3.05) is 13.1 Å². The van der Waals surface area contributed by atoms with E-state index in [0.29, 0.717) is 13.1 Å². The number of carbonyl (C=O) groups excluding carboxylic acids is 1. The average Bonchev–Trinajstić information content (AvgIpc) is 2.72. The number of hydrogen-bond acceptors (Lipinski definition) is 4. The first-order valence-corrected chi connectivity index (χ1v) is 6.97. The number of fused-ring (bicyclic) bond motifs is 2. The number of likely N-dealkylation sites (tertiary alicyclic amines) is 1. The third-order valence-corrected chi connectivity index (χ3v) is 4.01. The van der Waals surface area contributed by atoms with E-state index in [1.54, 1.807) is 11.0 Å². The summed E-state index contributed by atoms with van der Waals surface area (Å²) in [5.74, 6) is 0.0571. The van der Waals surface area contributed by atoms with Gasteiger partial charge in [-0.05, 0) is 34.1 Å². The molecule has 1 spiro atoms. The van der Waals surface area contributed by atoms with Crippen LogP contribution in [0.2, 0.25) is 0 Å². The minimum Gasteiger partial charge on any atom is -0.492 e. The Balaban J connectivity index is 1.73. The highest BCUT2D eigenvalue weighted by molar-refractivity contribution is 5.70. The summed E-state index contributed by atoms with van der Waals surface area (Å²) >= 11 is 0. The molecule has 1 saturated heterocycles. The normalized spacial score (nSPS) is 23.6. The Morgan fingerprint density at radius 1 is 1.50 bits per heavy atom. The second-order valence-corrected chi connectivity index (χ2v) is 7.00. The van der Waals surface area contributed by atoms with Gasteiger partial charge in [0.15, 0.2) is 0 Å². The van der Waals surface area contributed by atoms with Crippen LogP contribution in [0.25, 0.3) is 0 Å². The van der Waals surface area contributed by atoms with E-state index in [1.165, 1.54) is 0 Å². The lowest BCUT2D eigenvalue weighted by atomic mass is 9.75. The van der Waals surface area contributed by atoms with E-state index < -0.39 is 5.60 Å². The molecule has 2 aliphatic heterocycles. The van der Waals surface area contributed by atoms with Gasteiger partial charge in [-0.15, -0.1) is 5.10 Å². The zero-order chi connectivity index (χ0) is 14.7. The number of aromatic hydroxyl groups is 1. The summed E-state index contributed by atoms with van der Waals surface area (Å²) < 4.78 is 7.26. The van der Waals surface area contributed by atoms with Gasteiger partial charge in [-0.3, -0.25) is 4.68 Å². The Morgan fingerprint density at radius 3 is 2.75 bits per heavy atom. The summed E-state index contributed by atoms with van der Waals surface area (Å²) in [6.45, 7) is 8.96. The van der Waals surface area contributed by atoms with Crippen molar-refractivity contribution in [1.82, 2.24) is 14.7 Å². The number of carbonyl (C=O) groups is 1. The lowest BCUT2D eigenvalue weighted by Crippen LogP contribution is -2.61. The molecule has 1 fully saturated rings. The predicted octanol–water partition coefficient (Wildman–Crippen LogP) is 2.04. The third-order valence-electron chi connectivity index (χ3n) is 4.01. The topological polar surface area (TPSA) is 67.6 Å². The van der Waals surface area contributed by atoms with Gasteiger partial charge in [0.25, 0.3) is 0 Å². The smallest absolute Gasteiger partial charge is 0.410 e. The van der Waals surface area contributed by atoms with Crippen LogP contribution in [0.1, 0.15) is 45.9 Å². The lowest BCUT2D eigenvalue weighted by Gasteiger charge is -2.47. The number of hydrogen-bond donors (Lipinski definition) is 1. The SMILES string of the molecule is CC1CC2(CN(C(=O)OC(C)(C)C)C2)c2cc(O)nn21. The predicted molar refractivity (Wildman–Crippen MR) is 72.7 cm³/mol. The Bertz CT molecular complexity index is 553. The zero-order valence-electron chi connectivity index (χ0n) is 12.4. The van der Waals surface area contributed by atoms with Crippen LogP contribution in [0.5, 0.6) is 5.88 Å². The summed E-state index contributed by atoms with van der Waals surface area (Å²) in [7, 11) is 0. The Kier molecular flexibility index (Phi) is 2.59. The fourth-order valence-electron chi connectivity index (χ4n) is 3.30. The van der Waals surface area contributed by atoms with Crippen molar-refractivity contribution in [3.05, 3.63) is 11.8 Å². The van der Waals surface area contributed by atoms with Crippen molar-refractivity contribution in [1.29, 1.82) is 0 Å². The third kappa shape index (κ3) is 1.94. The van der Waals surface area contributed by atoms with Gasteiger partial charge < -0.3 is 14.7 Å². The quantitative estimate of drug-likeness (QED) is 0.789. The highest BCUT2D eigenvalue weighted by Gasteiger charge is 2.54. The van der Waals surface area contributed by atoms with E-state index in [0.717, 1.165) is 12.1 Å². The zero-order valence-corrected chi connectivity index (χ0v) is 12.4. The van der Waals surface area contributed by atoms with Gasteiger partial charge in [0.2, 0.25) is 5.88 Å². The first-order valence-electron chi connectivity index (χ1n) is 6.97. The number of rotatable bonds is 0. The van der Waals surface area contributed by atoms with E-state index >= 15 is 0 Å². The van der Waals surface area contributed by atoms with Crippen molar-refractivity contribution < 1.29 is 14.6 Å². The summed E-state index contributed by atoms with van der Waals surface area (Å²) in [5.41, 5.74) is 0.495. The molecule has 1 N–H and O–H groups in total. The van der Waals surface area contributed by atoms with Gasteiger partial charge >= 0.3 is 6.09 Å². The maximum absolute atomic E-state index is 12.0. The number of nitrogens with zero attached hydrogens (tertiary/aromatic N) is 3. The van der Waals surface area contributed by atoms with E-state index in [2.05, 4.69) is 12.0 Å². The molecule has 110 valence electrons. The lowest BCUT2D eigenvalue weighted by molar-refractivity contribution is -0.0104. The Labute approximate surface area is 118 Å². The van der Waals surface area contributed by atoms with E-state index in [-0.39, 0.29) is 23.4 Å². The van der Waals surface area contributed by atoms with Crippen LogP contribution in [0.15, 0.2) is 6.07 Å². The molecule has 1 unspecified atom stereocenters. The highest BCUT2D eigenvalue weighted by atomic mass is 16.6. The minimum absolute atomic E-state index is 0.0571. The molecular formula is C14H21N3O3. The first kappa shape index (κ1) is 13.3. The molecule has 0 radical (unpaired) electrons. The van der Waals surface area contributed by atoms with Crippen LogP contribution in [-0.4, -0.2) is 44.6 Å². The van der Waals surface area contributed by atoms with Gasteiger partial charge in [-0.25, -0.2) is 4.79 Å². The molecule has 3 heterocycles. The standard InChI is InChI=1S/C14H21N3O3/c1-9-6-14(10-5-11(18)15-17(9)10)7-16(8-14)12(19)20-13(2,3)4/h5,9H,6-8H2,1-4H3,(H,15,18). The van der Waals surface area contributed by atoms with Crippen LogP contribution in [0.3, 0.4) is 0 Å². The molecule has 1 atom stereocenters. The minimum atomic E-state index is -0.469. The molecule has 1 aromatic rings. The summed E-state index contributed by atoms with van der Waals surface area (Å²) in [5, 5.41) is 13.7. The summed E-state index contributed by atoms with van der Waals surface area (Å²) in [6, 6.07) is 1.97. The van der Waals surface area contributed by atoms with Crippen molar-refractivity contribution >= 4 is 6.09 Å². The fraction of sp³-hybridized carbons (Fsp3) is 0.714. The van der Waals surface area contributed by atoms with Gasteiger partial charge in [0.1, 0.15) is 5.60 Å². The van der Waals surface area contributed by atoms with Crippen LogP contribution >= 0.6 is 0 Å². The van der Waals surface area contributed by atoms with Crippen molar-refractivity contribution in [2.24, 2.45) is 0 Å². The largest absolute Gasteiger partial charge is 0.492 e. The molecular weight excluding hydrogens is 258 g/mol. The van der Waals surface area contributed by atoms with Gasteiger partial charge in [0.05, 0.1) is 11.7 Å². The molecule has 20 heavy (non-hydrogen) atoms. The number of aromatic nitrogens is 2. The number of ether oxygens (including phenoxy) is 1. The molecule has 3 rings (SSSR count). The maximum Gasteiger partial charge on any atom is 0.410 e. The van der Waals surface area contributed by atoms with E-state index in [4.69, 9.17) is 4.74 Å². The molecule has 2 aliphatic rings. The molecule has 1 amide bonds. The van der Waals surface area contributed by atoms with Crippen LogP contribution in [0, 0.1) is 0 Å². The van der Waals surface area contributed by atoms with Crippen molar-refractivity contribution in [2.45, 2.75) is 51.2 Å². The van der Waals surface area contributed by atoms with Crippen LogP contribution in [-0.2, 0) is 10.2 Å². The Morgan fingerprint density at radius 2 is 2.15 bits per heavy atom. The average molecular weight is 279 g/mol. The Hall–Kier alpha value is -1.72. The molecule has 0 aliphatic carbocycles. The van der Waals surface area contributed by atoms with E-state index in [9.17, 15) is 9.90 Å². The van der Waals surface area contributed by atoms with Gasteiger partial charge in [-0.1, -0.05) is 0 Å².